The van der Waals surface area contributed by atoms with Gasteiger partial charge >= 0.3 is 0 Å². The first kappa shape index (κ1) is 24.4. The molecule has 168 valence electrons. The standard InChI is InChI=1S/C22H31N5O3S/c1-16-11-17(2)13-19(12-16)9-10-24-22(26-15-21(28)27(3)4)25-14-18-5-7-20(8-6-18)31(23,29)30/h5-8,11-13H,9-10,14-15H2,1-4H3,(H2,23,29,30)(H2,24,25,26). The van der Waals surface area contributed by atoms with Crippen molar-refractivity contribution in [2.24, 2.45) is 10.1 Å². The Balaban J connectivity index is 2.05. The van der Waals surface area contributed by atoms with E-state index in [4.69, 9.17) is 5.14 Å². The SMILES string of the molecule is Cc1cc(C)cc(CCNC(=NCc2ccc(S(N)(=O)=O)cc2)NCC(=O)N(C)C)c1. The fourth-order valence-corrected chi connectivity index (χ4v) is 3.50. The molecule has 0 saturated carbocycles. The molecule has 2 aromatic carbocycles. The van der Waals surface area contributed by atoms with E-state index in [0.29, 0.717) is 19.0 Å². The smallest absolute Gasteiger partial charge is 0.241 e. The maximum Gasteiger partial charge on any atom is 0.241 e. The quantitative estimate of drug-likeness (QED) is 0.418. The van der Waals surface area contributed by atoms with E-state index < -0.39 is 10.0 Å². The van der Waals surface area contributed by atoms with Gasteiger partial charge in [-0.15, -0.1) is 0 Å². The summed E-state index contributed by atoms with van der Waals surface area (Å²) >= 11 is 0. The number of primary sulfonamides is 1. The first-order valence-corrected chi connectivity index (χ1v) is 11.5. The van der Waals surface area contributed by atoms with Crippen molar-refractivity contribution < 1.29 is 13.2 Å². The highest BCUT2D eigenvalue weighted by molar-refractivity contribution is 7.89. The van der Waals surface area contributed by atoms with Crippen molar-refractivity contribution in [3.63, 3.8) is 0 Å². The number of hydrogen-bond donors (Lipinski definition) is 3. The first-order chi connectivity index (χ1) is 14.5. The van der Waals surface area contributed by atoms with Gasteiger partial charge in [0.25, 0.3) is 0 Å². The minimum Gasteiger partial charge on any atom is -0.356 e. The molecule has 2 aromatic rings. The van der Waals surface area contributed by atoms with Crippen LogP contribution in [0.25, 0.3) is 0 Å². The van der Waals surface area contributed by atoms with Gasteiger partial charge in [-0.05, 0) is 43.5 Å². The largest absolute Gasteiger partial charge is 0.356 e. The number of benzene rings is 2. The van der Waals surface area contributed by atoms with Gasteiger partial charge in [0.1, 0.15) is 0 Å². The summed E-state index contributed by atoms with van der Waals surface area (Å²) in [6, 6.07) is 12.7. The number of nitrogens with two attached hydrogens (primary N) is 1. The zero-order valence-corrected chi connectivity index (χ0v) is 19.3. The molecule has 0 radical (unpaired) electrons. The average molecular weight is 446 g/mol. The molecule has 0 fully saturated rings. The third kappa shape index (κ3) is 8.39. The predicted molar refractivity (Wildman–Crippen MR) is 123 cm³/mol. The summed E-state index contributed by atoms with van der Waals surface area (Å²) < 4.78 is 22.8. The van der Waals surface area contributed by atoms with Crippen molar-refractivity contribution in [2.45, 2.75) is 31.7 Å². The van der Waals surface area contributed by atoms with E-state index in [9.17, 15) is 13.2 Å². The van der Waals surface area contributed by atoms with Gasteiger partial charge in [0.05, 0.1) is 18.0 Å². The molecule has 8 nitrogen and oxygen atoms in total. The van der Waals surface area contributed by atoms with Gasteiger partial charge in [0, 0.05) is 20.6 Å². The van der Waals surface area contributed by atoms with Crippen LogP contribution in [0.2, 0.25) is 0 Å². The van der Waals surface area contributed by atoms with Crippen LogP contribution in [0.15, 0.2) is 52.4 Å². The molecule has 1 amide bonds. The number of nitrogens with zero attached hydrogens (tertiary/aromatic N) is 2. The number of amides is 1. The van der Waals surface area contributed by atoms with E-state index in [1.165, 1.54) is 33.7 Å². The monoisotopic (exact) mass is 445 g/mol. The molecule has 31 heavy (non-hydrogen) atoms. The highest BCUT2D eigenvalue weighted by Gasteiger charge is 2.08. The molecule has 0 aromatic heterocycles. The van der Waals surface area contributed by atoms with Crippen LogP contribution in [0, 0.1) is 13.8 Å². The molecule has 0 unspecified atom stereocenters. The van der Waals surface area contributed by atoms with Crippen molar-refractivity contribution in [3.8, 4) is 0 Å². The molecule has 0 bridgehead atoms. The van der Waals surface area contributed by atoms with Crippen molar-refractivity contribution in [2.75, 3.05) is 27.2 Å². The van der Waals surface area contributed by atoms with E-state index in [2.05, 4.69) is 47.7 Å². The van der Waals surface area contributed by atoms with E-state index in [-0.39, 0.29) is 17.3 Å². The minimum atomic E-state index is -3.72. The molecule has 0 saturated heterocycles. The number of nitrogens with one attached hydrogen (secondary N) is 2. The number of guanidine groups is 1. The molecule has 0 aliphatic carbocycles. The van der Waals surface area contributed by atoms with Crippen LogP contribution >= 0.6 is 0 Å². The van der Waals surface area contributed by atoms with Gasteiger partial charge < -0.3 is 15.5 Å². The van der Waals surface area contributed by atoms with Crippen LogP contribution in [0.1, 0.15) is 22.3 Å². The summed E-state index contributed by atoms with van der Waals surface area (Å²) in [5.74, 6) is 0.441. The number of hydrogen-bond acceptors (Lipinski definition) is 4. The number of likely N-dealkylation sites (N-methyl/N-ethyl adjacent to an activating group) is 1. The third-order valence-electron chi connectivity index (χ3n) is 4.57. The molecule has 0 spiro atoms. The Labute approximate surface area is 184 Å². The molecule has 0 heterocycles. The number of carbonyl (C=O) groups is 1. The van der Waals surface area contributed by atoms with Crippen LogP contribution in [0.3, 0.4) is 0 Å². The van der Waals surface area contributed by atoms with Crippen molar-refractivity contribution >= 4 is 21.9 Å². The normalized spacial score (nSPS) is 11.8. The van der Waals surface area contributed by atoms with Gasteiger partial charge in [-0.2, -0.15) is 0 Å². The van der Waals surface area contributed by atoms with E-state index >= 15 is 0 Å². The summed E-state index contributed by atoms with van der Waals surface area (Å²) in [6.07, 6.45) is 0.813. The number of carbonyl (C=O) groups excluding carboxylic acids is 1. The molecular formula is C22H31N5O3S. The maximum atomic E-state index is 11.9. The fraction of sp³-hybridized carbons (Fsp3) is 0.364. The lowest BCUT2D eigenvalue weighted by Crippen LogP contribution is -2.43. The summed E-state index contributed by atoms with van der Waals surface area (Å²) in [4.78, 5) is 18.0. The Hall–Kier alpha value is -2.91. The van der Waals surface area contributed by atoms with Gasteiger partial charge in [0.15, 0.2) is 5.96 Å². The Morgan fingerprint density at radius 3 is 2.16 bits per heavy atom. The van der Waals surface area contributed by atoms with E-state index in [0.717, 1.165) is 12.0 Å². The molecule has 0 aliphatic heterocycles. The van der Waals surface area contributed by atoms with Gasteiger partial charge in [0.2, 0.25) is 15.9 Å². The molecule has 0 atom stereocenters. The summed E-state index contributed by atoms with van der Waals surface area (Å²) in [5.41, 5.74) is 4.50. The van der Waals surface area contributed by atoms with Gasteiger partial charge in [-0.3, -0.25) is 4.79 Å². The summed E-state index contributed by atoms with van der Waals surface area (Å²) in [7, 11) is -0.333. The number of sulfonamides is 1. The summed E-state index contributed by atoms with van der Waals surface area (Å²) in [5, 5.41) is 11.4. The minimum absolute atomic E-state index is 0.0572. The Kier molecular flexibility index (Phi) is 8.58. The Morgan fingerprint density at radius 2 is 1.61 bits per heavy atom. The lowest BCUT2D eigenvalue weighted by molar-refractivity contribution is -0.127. The fourth-order valence-electron chi connectivity index (χ4n) is 2.99. The zero-order chi connectivity index (χ0) is 23.0. The first-order valence-electron chi connectivity index (χ1n) is 9.96. The average Bonchev–Trinajstić information content (AvgIpc) is 2.68. The molecular weight excluding hydrogens is 414 g/mol. The second-order valence-electron chi connectivity index (χ2n) is 7.67. The summed E-state index contributed by atoms with van der Waals surface area (Å²) in [6.45, 7) is 5.24. The topological polar surface area (TPSA) is 117 Å². The number of rotatable bonds is 8. The van der Waals surface area contributed by atoms with Crippen molar-refractivity contribution in [1.29, 1.82) is 0 Å². The van der Waals surface area contributed by atoms with Crippen LogP contribution in [0.4, 0.5) is 0 Å². The van der Waals surface area contributed by atoms with Crippen molar-refractivity contribution in [3.05, 3.63) is 64.7 Å². The highest BCUT2D eigenvalue weighted by atomic mass is 32.2. The van der Waals surface area contributed by atoms with Crippen LogP contribution in [-0.2, 0) is 27.8 Å². The molecule has 0 aliphatic rings. The molecule has 9 heteroatoms. The number of aryl methyl sites for hydroxylation is 2. The van der Waals surface area contributed by atoms with E-state index in [1.54, 1.807) is 26.2 Å². The lowest BCUT2D eigenvalue weighted by Gasteiger charge is -2.15. The predicted octanol–water partition coefficient (Wildman–Crippen LogP) is 1.32. The zero-order valence-electron chi connectivity index (χ0n) is 18.5. The number of aliphatic imine (C=N–C) groups is 1. The van der Waals surface area contributed by atoms with Crippen LogP contribution in [0.5, 0.6) is 0 Å². The second-order valence-corrected chi connectivity index (χ2v) is 9.23. The van der Waals surface area contributed by atoms with Crippen molar-refractivity contribution in [1.82, 2.24) is 15.5 Å². The molecule has 4 N–H and O–H groups in total. The Morgan fingerprint density at radius 1 is 1.00 bits per heavy atom. The van der Waals surface area contributed by atoms with Crippen LogP contribution < -0.4 is 15.8 Å². The second kappa shape index (κ2) is 10.9. The maximum absolute atomic E-state index is 11.9. The Bertz CT molecular complexity index is 1010. The molecule has 2 rings (SSSR count). The van der Waals surface area contributed by atoms with Gasteiger partial charge in [-0.25, -0.2) is 18.5 Å². The van der Waals surface area contributed by atoms with E-state index in [1.807, 2.05) is 0 Å². The third-order valence-corrected chi connectivity index (χ3v) is 5.49. The highest BCUT2D eigenvalue weighted by Crippen LogP contribution is 2.10. The van der Waals surface area contributed by atoms with Gasteiger partial charge in [-0.1, -0.05) is 41.5 Å². The lowest BCUT2D eigenvalue weighted by atomic mass is 10.1. The van der Waals surface area contributed by atoms with Crippen LogP contribution in [-0.4, -0.2) is 52.4 Å².